The molecule has 0 aromatic heterocycles. The maximum absolute atomic E-state index is 12.2. The quantitative estimate of drug-likeness (QED) is 0.469. The van der Waals surface area contributed by atoms with Crippen molar-refractivity contribution < 1.29 is 24.4 Å². The second-order valence-electron chi connectivity index (χ2n) is 4.86. The zero-order valence-corrected chi connectivity index (χ0v) is 12.7. The molecule has 0 aliphatic carbocycles. The van der Waals surface area contributed by atoms with Crippen molar-refractivity contribution in [3.8, 4) is 0 Å². The maximum Gasteiger partial charge on any atom is 0.343 e. The van der Waals surface area contributed by atoms with Crippen molar-refractivity contribution >= 4 is 17.4 Å². The molecule has 1 rings (SSSR count). The molecule has 2 atom stereocenters. The fourth-order valence-corrected chi connectivity index (χ4v) is 2.42. The van der Waals surface area contributed by atoms with Gasteiger partial charge in [-0.3, -0.25) is 14.9 Å². The molecule has 0 bridgehead atoms. The summed E-state index contributed by atoms with van der Waals surface area (Å²) in [4.78, 5) is 34.1. The third kappa shape index (κ3) is 3.30. The first-order valence-corrected chi connectivity index (χ1v) is 6.93. The van der Waals surface area contributed by atoms with E-state index in [-0.39, 0.29) is 30.1 Å². The van der Waals surface area contributed by atoms with Gasteiger partial charge in [0.05, 0.1) is 17.4 Å². The number of aliphatic hydroxyl groups is 1. The van der Waals surface area contributed by atoms with Gasteiger partial charge in [0.1, 0.15) is 5.78 Å². The number of non-ortho nitro benzene ring substituents is 1. The van der Waals surface area contributed by atoms with E-state index in [0.717, 1.165) is 0 Å². The average molecular weight is 309 g/mol. The summed E-state index contributed by atoms with van der Waals surface area (Å²) in [6, 6.07) is 4.88. The normalized spacial score (nSPS) is 14.7. The van der Waals surface area contributed by atoms with E-state index in [1.807, 2.05) is 0 Å². The fourth-order valence-electron chi connectivity index (χ4n) is 2.42. The van der Waals surface area contributed by atoms with E-state index in [9.17, 15) is 24.8 Å². The molecule has 1 aromatic rings. The molecule has 0 heterocycles. The Morgan fingerprint density at radius 1 is 1.32 bits per heavy atom. The summed E-state index contributed by atoms with van der Waals surface area (Å²) >= 11 is 0. The number of ketones is 1. The topological polar surface area (TPSA) is 107 Å². The molecule has 7 heteroatoms. The van der Waals surface area contributed by atoms with Gasteiger partial charge in [-0.2, -0.15) is 0 Å². The zero-order valence-electron chi connectivity index (χ0n) is 12.7. The van der Waals surface area contributed by atoms with Gasteiger partial charge in [0.15, 0.2) is 5.60 Å². The second-order valence-corrected chi connectivity index (χ2v) is 4.86. The highest BCUT2D eigenvalue weighted by atomic mass is 16.6. The highest BCUT2D eigenvalue weighted by Gasteiger charge is 2.48. The number of hydrogen-bond donors (Lipinski definition) is 1. The van der Waals surface area contributed by atoms with Gasteiger partial charge in [-0.25, -0.2) is 4.79 Å². The number of nitrogens with zero attached hydrogens (tertiary/aromatic N) is 1. The first kappa shape index (κ1) is 17.8. The van der Waals surface area contributed by atoms with Crippen molar-refractivity contribution in [3.05, 3.63) is 39.9 Å². The van der Waals surface area contributed by atoms with Crippen LogP contribution in [0.1, 0.15) is 32.8 Å². The highest BCUT2D eigenvalue weighted by Crippen LogP contribution is 2.35. The van der Waals surface area contributed by atoms with Crippen LogP contribution in [0.25, 0.3) is 0 Å². The first-order chi connectivity index (χ1) is 10.3. The van der Waals surface area contributed by atoms with Gasteiger partial charge in [-0.1, -0.05) is 6.92 Å². The summed E-state index contributed by atoms with van der Waals surface area (Å²) in [5.74, 6) is -2.30. The van der Waals surface area contributed by atoms with Crippen LogP contribution in [0.3, 0.4) is 0 Å². The van der Waals surface area contributed by atoms with Crippen LogP contribution in [0.5, 0.6) is 0 Å². The molecule has 0 saturated carbocycles. The molecule has 2 unspecified atom stereocenters. The second kappa shape index (κ2) is 7.13. The SMILES string of the molecule is CCOC(=O)C(O)(c1ccc([N+](=O)[O-])cc1)C(CC)C(C)=O. The summed E-state index contributed by atoms with van der Waals surface area (Å²) in [5.41, 5.74) is -2.24. The number of ether oxygens (including phenoxy) is 1. The van der Waals surface area contributed by atoms with Crippen LogP contribution in [0, 0.1) is 16.0 Å². The molecule has 0 spiro atoms. The van der Waals surface area contributed by atoms with Crippen LogP contribution < -0.4 is 0 Å². The van der Waals surface area contributed by atoms with Gasteiger partial charge in [0, 0.05) is 12.1 Å². The van der Waals surface area contributed by atoms with E-state index in [0.29, 0.717) is 0 Å². The van der Waals surface area contributed by atoms with Crippen LogP contribution in [0.4, 0.5) is 5.69 Å². The van der Waals surface area contributed by atoms with Crippen molar-refractivity contribution in [2.75, 3.05) is 6.61 Å². The maximum atomic E-state index is 12.2. The Morgan fingerprint density at radius 2 is 1.86 bits per heavy atom. The van der Waals surface area contributed by atoms with E-state index in [4.69, 9.17) is 4.74 Å². The van der Waals surface area contributed by atoms with E-state index >= 15 is 0 Å². The minimum absolute atomic E-state index is 0.0441. The van der Waals surface area contributed by atoms with Gasteiger partial charge >= 0.3 is 5.97 Å². The lowest BCUT2D eigenvalue weighted by molar-refractivity contribution is -0.384. The molecule has 120 valence electrons. The number of hydrogen-bond acceptors (Lipinski definition) is 6. The number of rotatable bonds is 7. The molecule has 0 aliphatic heterocycles. The van der Waals surface area contributed by atoms with Crippen molar-refractivity contribution in [2.24, 2.45) is 5.92 Å². The largest absolute Gasteiger partial charge is 0.464 e. The minimum Gasteiger partial charge on any atom is -0.464 e. The summed E-state index contributed by atoms with van der Waals surface area (Å²) in [6.07, 6.45) is 0.224. The summed E-state index contributed by atoms with van der Waals surface area (Å²) in [5, 5.41) is 21.6. The van der Waals surface area contributed by atoms with Crippen molar-refractivity contribution in [1.29, 1.82) is 0 Å². The molecule has 0 radical (unpaired) electrons. The van der Waals surface area contributed by atoms with Crippen molar-refractivity contribution in [3.63, 3.8) is 0 Å². The monoisotopic (exact) mass is 309 g/mol. The third-order valence-electron chi connectivity index (χ3n) is 3.51. The molecule has 0 aliphatic rings. The Hall–Kier alpha value is -2.28. The number of benzene rings is 1. The number of nitro groups is 1. The van der Waals surface area contributed by atoms with Crippen LogP contribution in [0.15, 0.2) is 24.3 Å². The summed E-state index contributed by atoms with van der Waals surface area (Å²) in [6.45, 7) is 4.58. The summed E-state index contributed by atoms with van der Waals surface area (Å²) < 4.78 is 4.90. The Balaban J connectivity index is 3.39. The third-order valence-corrected chi connectivity index (χ3v) is 3.51. The van der Waals surface area contributed by atoms with E-state index < -0.39 is 22.4 Å². The number of Topliss-reactive ketones (excluding diaryl/α,β-unsaturated/α-hetero) is 1. The van der Waals surface area contributed by atoms with Gasteiger partial charge in [-0.15, -0.1) is 0 Å². The number of esters is 1. The Labute approximate surface area is 128 Å². The molecule has 1 N–H and O–H groups in total. The van der Waals surface area contributed by atoms with E-state index in [1.165, 1.54) is 31.2 Å². The molecular formula is C15H19NO6. The molecule has 0 amide bonds. The van der Waals surface area contributed by atoms with Gasteiger partial charge < -0.3 is 9.84 Å². The lowest BCUT2D eigenvalue weighted by Gasteiger charge is -2.32. The van der Waals surface area contributed by atoms with Crippen LogP contribution in [-0.2, 0) is 19.9 Å². The predicted molar refractivity (Wildman–Crippen MR) is 78.1 cm³/mol. The standard InChI is InChI=1S/C15H19NO6/c1-4-13(10(3)17)15(19,14(18)22-5-2)11-6-8-12(9-7-11)16(20)21/h6-9,13,19H,4-5H2,1-3H3. The first-order valence-electron chi connectivity index (χ1n) is 6.93. The minimum atomic E-state index is -2.16. The lowest BCUT2D eigenvalue weighted by Crippen LogP contribution is -2.47. The van der Waals surface area contributed by atoms with Crippen molar-refractivity contribution in [1.82, 2.24) is 0 Å². The lowest BCUT2D eigenvalue weighted by atomic mass is 9.77. The van der Waals surface area contributed by atoms with Crippen LogP contribution in [0.2, 0.25) is 0 Å². The molecule has 0 saturated heterocycles. The van der Waals surface area contributed by atoms with E-state index in [2.05, 4.69) is 0 Å². The molecular weight excluding hydrogens is 290 g/mol. The molecule has 7 nitrogen and oxygen atoms in total. The number of carbonyl (C=O) groups excluding carboxylic acids is 2. The molecule has 0 fully saturated rings. The van der Waals surface area contributed by atoms with Crippen molar-refractivity contribution in [2.45, 2.75) is 32.8 Å². The van der Waals surface area contributed by atoms with Crippen LogP contribution in [-0.4, -0.2) is 28.4 Å². The average Bonchev–Trinajstić information content (AvgIpc) is 2.47. The number of nitro benzene ring substituents is 1. The number of carbonyl (C=O) groups is 2. The highest BCUT2D eigenvalue weighted by molar-refractivity contribution is 5.90. The Kier molecular flexibility index (Phi) is 5.76. The van der Waals surface area contributed by atoms with Gasteiger partial charge in [0.2, 0.25) is 0 Å². The molecule has 1 aromatic carbocycles. The van der Waals surface area contributed by atoms with Gasteiger partial charge in [-0.05, 0) is 38.0 Å². The smallest absolute Gasteiger partial charge is 0.343 e. The summed E-state index contributed by atoms with van der Waals surface area (Å²) in [7, 11) is 0. The van der Waals surface area contributed by atoms with Gasteiger partial charge in [0.25, 0.3) is 5.69 Å². The zero-order chi connectivity index (χ0) is 16.9. The van der Waals surface area contributed by atoms with E-state index in [1.54, 1.807) is 13.8 Å². The van der Waals surface area contributed by atoms with Crippen LogP contribution >= 0.6 is 0 Å². The Morgan fingerprint density at radius 3 is 2.23 bits per heavy atom. The molecule has 22 heavy (non-hydrogen) atoms. The fraction of sp³-hybridized carbons (Fsp3) is 0.467. The Bertz CT molecular complexity index is 568. The predicted octanol–water partition coefficient (Wildman–Crippen LogP) is 1.96.